The Morgan fingerprint density at radius 2 is 1.83 bits per heavy atom. The van der Waals surface area contributed by atoms with E-state index in [0.29, 0.717) is 0 Å². The van der Waals surface area contributed by atoms with Gasteiger partial charge in [-0.25, -0.2) is 0 Å². The molecule has 94 valence electrons. The average Bonchev–Trinajstić information content (AvgIpc) is 2.28. The first-order valence-corrected chi connectivity index (χ1v) is 6.88. The van der Waals surface area contributed by atoms with Gasteiger partial charge in [0.15, 0.2) is 0 Å². The van der Waals surface area contributed by atoms with Crippen molar-refractivity contribution in [1.29, 1.82) is 0 Å². The highest BCUT2D eigenvalue weighted by molar-refractivity contribution is 9.10. The Morgan fingerprint density at radius 1 is 1.06 bits per heavy atom. The minimum absolute atomic E-state index is 0.920. The van der Waals surface area contributed by atoms with Crippen molar-refractivity contribution in [3.05, 3.63) is 63.6 Å². The number of halogens is 1. The van der Waals surface area contributed by atoms with Gasteiger partial charge in [-0.2, -0.15) is 0 Å². The molecule has 2 heteroatoms. The molecule has 0 aromatic heterocycles. The molecule has 0 atom stereocenters. The summed E-state index contributed by atoms with van der Waals surface area (Å²) < 4.78 is 1.13. The van der Waals surface area contributed by atoms with Crippen LogP contribution in [0.2, 0.25) is 0 Å². The molecule has 1 nitrogen and oxygen atoms in total. The summed E-state index contributed by atoms with van der Waals surface area (Å²) in [7, 11) is 2.14. The molecule has 0 saturated heterocycles. The lowest BCUT2D eigenvalue weighted by Gasteiger charge is -2.22. The highest BCUT2D eigenvalue weighted by Gasteiger charge is 2.05. The van der Waals surface area contributed by atoms with Gasteiger partial charge in [-0.1, -0.05) is 45.8 Å². The molecule has 2 aromatic carbocycles. The van der Waals surface area contributed by atoms with Crippen molar-refractivity contribution in [2.75, 3.05) is 11.9 Å². The van der Waals surface area contributed by atoms with Crippen LogP contribution >= 0.6 is 15.9 Å². The summed E-state index contributed by atoms with van der Waals surface area (Å²) in [4.78, 5) is 2.29. The molecule has 0 amide bonds. The summed E-state index contributed by atoms with van der Waals surface area (Å²) in [5, 5.41) is 0. The maximum atomic E-state index is 3.51. The molecule has 0 aliphatic rings. The number of aryl methyl sites for hydroxylation is 2. The van der Waals surface area contributed by atoms with E-state index in [-0.39, 0.29) is 0 Å². The lowest BCUT2D eigenvalue weighted by molar-refractivity contribution is 0.916. The van der Waals surface area contributed by atoms with Crippen molar-refractivity contribution in [2.45, 2.75) is 20.4 Å². The fourth-order valence-electron chi connectivity index (χ4n) is 2.23. The van der Waals surface area contributed by atoms with Crippen LogP contribution in [0.25, 0.3) is 0 Å². The molecule has 0 N–H and O–H groups in total. The third-order valence-electron chi connectivity index (χ3n) is 3.07. The molecule has 0 radical (unpaired) electrons. The first kappa shape index (κ1) is 13.2. The van der Waals surface area contributed by atoms with Crippen LogP contribution in [0.5, 0.6) is 0 Å². The molecule has 0 fully saturated rings. The first-order valence-electron chi connectivity index (χ1n) is 6.09. The molecule has 18 heavy (non-hydrogen) atoms. The molecule has 0 heterocycles. The second-order valence-electron chi connectivity index (χ2n) is 4.78. The van der Waals surface area contributed by atoms with E-state index >= 15 is 0 Å². The highest BCUT2D eigenvalue weighted by atomic mass is 79.9. The van der Waals surface area contributed by atoms with E-state index in [0.717, 1.165) is 11.0 Å². The standard InChI is InChI=1S/C16H18BrN/c1-12-7-8-16(13(2)9-12)18(3)11-14-5-4-6-15(17)10-14/h4-10H,11H2,1-3H3. The van der Waals surface area contributed by atoms with Gasteiger partial charge in [0.1, 0.15) is 0 Å². The quantitative estimate of drug-likeness (QED) is 0.794. The topological polar surface area (TPSA) is 3.24 Å². The van der Waals surface area contributed by atoms with Gasteiger partial charge in [-0.05, 0) is 43.2 Å². The van der Waals surface area contributed by atoms with E-state index in [1.165, 1.54) is 22.4 Å². The van der Waals surface area contributed by atoms with Crippen LogP contribution < -0.4 is 4.90 Å². The Balaban J connectivity index is 2.19. The second-order valence-corrected chi connectivity index (χ2v) is 5.69. The van der Waals surface area contributed by atoms with Crippen LogP contribution in [-0.4, -0.2) is 7.05 Å². The third kappa shape index (κ3) is 3.14. The molecule has 0 spiro atoms. The Bertz CT molecular complexity index is 549. The van der Waals surface area contributed by atoms with Crippen molar-refractivity contribution < 1.29 is 0 Å². The lowest BCUT2D eigenvalue weighted by Crippen LogP contribution is -2.17. The van der Waals surface area contributed by atoms with E-state index < -0.39 is 0 Å². The van der Waals surface area contributed by atoms with Gasteiger partial charge in [0.25, 0.3) is 0 Å². The Kier molecular flexibility index (Phi) is 4.07. The normalized spacial score (nSPS) is 10.4. The zero-order valence-corrected chi connectivity index (χ0v) is 12.7. The van der Waals surface area contributed by atoms with Crippen LogP contribution in [0.15, 0.2) is 46.9 Å². The summed E-state index contributed by atoms with van der Waals surface area (Å²) in [5.74, 6) is 0. The smallest absolute Gasteiger partial charge is 0.0426 e. The van der Waals surface area contributed by atoms with E-state index in [1.807, 2.05) is 0 Å². The fourth-order valence-corrected chi connectivity index (χ4v) is 2.67. The van der Waals surface area contributed by atoms with Crippen molar-refractivity contribution in [3.8, 4) is 0 Å². The Labute approximate surface area is 118 Å². The average molecular weight is 304 g/mol. The fraction of sp³-hybridized carbons (Fsp3) is 0.250. The van der Waals surface area contributed by atoms with Crippen LogP contribution in [0.4, 0.5) is 5.69 Å². The maximum absolute atomic E-state index is 3.51. The number of anilines is 1. The second kappa shape index (κ2) is 5.57. The summed E-state index contributed by atoms with van der Waals surface area (Å²) >= 11 is 3.51. The number of rotatable bonds is 3. The monoisotopic (exact) mass is 303 g/mol. The third-order valence-corrected chi connectivity index (χ3v) is 3.57. The van der Waals surface area contributed by atoms with E-state index in [9.17, 15) is 0 Å². The van der Waals surface area contributed by atoms with Gasteiger partial charge in [-0.15, -0.1) is 0 Å². The van der Waals surface area contributed by atoms with E-state index in [1.54, 1.807) is 0 Å². The summed E-state index contributed by atoms with van der Waals surface area (Å²) in [5.41, 5.74) is 5.24. The van der Waals surface area contributed by atoms with Crippen molar-refractivity contribution in [2.24, 2.45) is 0 Å². The van der Waals surface area contributed by atoms with Crippen LogP contribution in [-0.2, 0) is 6.54 Å². The number of benzene rings is 2. The van der Waals surface area contributed by atoms with Gasteiger partial charge in [0.2, 0.25) is 0 Å². The number of nitrogens with zero attached hydrogens (tertiary/aromatic N) is 1. The summed E-state index contributed by atoms with van der Waals surface area (Å²) in [6, 6.07) is 15.1. The molecule has 2 rings (SSSR count). The molecule has 2 aromatic rings. The zero-order valence-electron chi connectivity index (χ0n) is 11.1. The molecule has 0 bridgehead atoms. The van der Waals surface area contributed by atoms with Crippen LogP contribution in [0.1, 0.15) is 16.7 Å². The largest absolute Gasteiger partial charge is 0.370 e. The summed E-state index contributed by atoms with van der Waals surface area (Å²) in [6.45, 7) is 5.22. The summed E-state index contributed by atoms with van der Waals surface area (Å²) in [6.07, 6.45) is 0. The molecule has 0 aliphatic carbocycles. The molecule has 0 aliphatic heterocycles. The number of hydrogen-bond donors (Lipinski definition) is 0. The Hall–Kier alpha value is -1.28. The van der Waals surface area contributed by atoms with Gasteiger partial charge in [-0.3, -0.25) is 0 Å². The van der Waals surface area contributed by atoms with Crippen molar-refractivity contribution >= 4 is 21.6 Å². The van der Waals surface area contributed by atoms with E-state index in [2.05, 4.69) is 84.2 Å². The van der Waals surface area contributed by atoms with E-state index in [4.69, 9.17) is 0 Å². The minimum Gasteiger partial charge on any atom is -0.370 e. The Morgan fingerprint density at radius 3 is 2.50 bits per heavy atom. The predicted molar refractivity (Wildman–Crippen MR) is 82.2 cm³/mol. The number of hydrogen-bond acceptors (Lipinski definition) is 1. The van der Waals surface area contributed by atoms with Crippen LogP contribution in [0.3, 0.4) is 0 Å². The van der Waals surface area contributed by atoms with Gasteiger partial charge in [0, 0.05) is 23.8 Å². The minimum atomic E-state index is 0.920. The lowest BCUT2D eigenvalue weighted by atomic mass is 10.1. The molecular formula is C16H18BrN. The van der Waals surface area contributed by atoms with Gasteiger partial charge < -0.3 is 4.90 Å². The van der Waals surface area contributed by atoms with Crippen molar-refractivity contribution in [3.63, 3.8) is 0 Å². The molecule has 0 saturated carbocycles. The van der Waals surface area contributed by atoms with Gasteiger partial charge >= 0.3 is 0 Å². The maximum Gasteiger partial charge on any atom is 0.0426 e. The van der Waals surface area contributed by atoms with Gasteiger partial charge in [0.05, 0.1) is 0 Å². The SMILES string of the molecule is Cc1ccc(N(C)Cc2cccc(Br)c2)c(C)c1. The molecule has 0 unspecified atom stereocenters. The zero-order chi connectivity index (χ0) is 13.1. The van der Waals surface area contributed by atoms with Crippen molar-refractivity contribution in [1.82, 2.24) is 0 Å². The van der Waals surface area contributed by atoms with Crippen LogP contribution in [0, 0.1) is 13.8 Å². The molecular weight excluding hydrogens is 286 g/mol. The predicted octanol–water partition coefficient (Wildman–Crippen LogP) is 4.70. The first-order chi connectivity index (χ1) is 8.56. The highest BCUT2D eigenvalue weighted by Crippen LogP contribution is 2.22.